The Morgan fingerprint density at radius 2 is 1.94 bits per heavy atom. The highest BCUT2D eigenvalue weighted by Crippen LogP contribution is 2.23. The zero-order chi connectivity index (χ0) is 13.3. The second-order valence-corrected chi connectivity index (χ2v) is 6.45. The lowest BCUT2D eigenvalue weighted by Gasteiger charge is -2.14. The summed E-state index contributed by atoms with van der Waals surface area (Å²) in [7, 11) is -3.42. The summed E-state index contributed by atoms with van der Waals surface area (Å²) >= 11 is 0. The topological polar surface area (TPSA) is 58.5 Å². The molecule has 2 rings (SSSR count). The van der Waals surface area contributed by atoms with Gasteiger partial charge in [-0.2, -0.15) is 0 Å². The number of aliphatic imine (C=N–C) groups is 1. The third kappa shape index (κ3) is 2.27. The van der Waals surface area contributed by atoms with Crippen molar-refractivity contribution in [3.63, 3.8) is 0 Å². The first kappa shape index (κ1) is 13.1. The molecule has 18 heavy (non-hydrogen) atoms. The van der Waals surface area contributed by atoms with Crippen molar-refractivity contribution in [3.05, 3.63) is 29.8 Å². The number of benzene rings is 1. The molecule has 0 aromatic heterocycles. The van der Waals surface area contributed by atoms with Gasteiger partial charge in [0, 0.05) is 5.56 Å². The zero-order valence-corrected chi connectivity index (χ0v) is 11.7. The van der Waals surface area contributed by atoms with Crippen LogP contribution in [0.15, 0.2) is 34.2 Å². The Labute approximate surface area is 108 Å². The molecule has 0 saturated carbocycles. The largest absolute Gasteiger partial charge is 0.264 e. The predicted molar refractivity (Wildman–Crippen MR) is 72.2 cm³/mol. The summed E-state index contributed by atoms with van der Waals surface area (Å²) in [6.45, 7) is 6.24. The fourth-order valence-corrected chi connectivity index (χ4v) is 3.35. The Bertz CT molecular complexity index is 576. The summed E-state index contributed by atoms with van der Waals surface area (Å²) in [5, 5.41) is 0. The molecule has 1 N–H and O–H groups in total. The maximum atomic E-state index is 11.9. The molecule has 98 valence electrons. The number of rotatable bonds is 3. The number of sulfonamides is 1. The van der Waals surface area contributed by atoms with Crippen LogP contribution in [0.1, 0.15) is 32.8 Å². The van der Waals surface area contributed by atoms with E-state index in [2.05, 4.69) is 30.5 Å². The van der Waals surface area contributed by atoms with Crippen LogP contribution in [-0.4, -0.2) is 20.3 Å². The van der Waals surface area contributed by atoms with Crippen molar-refractivity contribution in [2.24, 2.45) is 10.9 Å². The Balaban J connectivity index is 2.48. The molecule has 0 radical (unpaired) electrons. The first-order valence-corrected chi connectivity index (χ1v) is 7.64. The molecular weight excluding hydrogens is 248 g/mol. The second kappa shape index (κ2) is 4.72. The molecule has 1 aromatic carbocycles. The van der Waals surface area contributed by atoms with E-state index in [1.165, 1.54) is 0 Å². The van der Waals surface area contributed by atoms with E-state index < -0.39 is 10.0 Å². The standard InChI is InChI=1S/C13H18N2O2S/c1-4-11(9(2)3)14-13-10-7-5-6-8-12(10)18(16,17)15-13/h5-9,11H,4H2,1-3H3,(H,14,15). The quantitative estimate of drug-likeness (QED) is 0.911. The van der Waals surface area contributed by atoms with E-state index in [1.807, 2.05) is 6.07 Å². The van der Waals surface area contributed by atoms with E-state index in [-0.39, 0.29) is 6.04 Å². The SMILES string of the molecule is CCC(N=C1NS(=O)(=O)c2ccccc21)C(C)C. The molecular formula is C13H18N2O2S. The number of hydrogen-bond donors (Lipinski definition) is 1. The molecule has 1 unspecified atom stereocenters. The molecule has 5 heteroatoms. The number of fused-ring (bicyclic) bond motifs is 1. The van der Waals surface area contributed by atoms with E-state index in [0.29, 0.717) is 22.2 Å². The van der Waals surface area contributed by atoms with Gasteiger partial charge in [-0.05, 0) is 24.5 Å². The fourth-order valence-electron chi connectivity index (χ4n) is 2.11. The lowest BCUT2D eigenvalue weighted by Crippen LogP contribution is -2.25. The second-order valence-electron chi connectivity index (χ2n) is 4.80. The van der Waals surface area contributed by atoms with Crippen molar-refractivity contribution >= 4 is 15.9 Å². The Morgan fingerprint density at radius 1 is 1.28 bits per heavy atom. The van der Waals surface area contributed by atoms with Crippen LogP contribution in [0.5, 0.6) is 0 Å². The average molecular weight is 266 g/mol. The molecule has 0 amide bonds. The van der Waals surface area contributed by atoms with E-state index in [9.17, 15) is 8.42 Å². The lowest BCUT2D eigenvalue weighted by atomic mass is 10.0. The van der Waals surface area contributed by atoms with Crippen molar-refractivity contribution in [3.8, 4) is 0 Å². The first-order valence-electron chi connectivity index (χ1n) is 6.15. The van der Waals surface area contributed by atoms with Gasteiger partial charge in [0.2, 0.25) is 0 Å². The Kier molecular flexibility index (Phi) is 3.43. The van der Waals surface area contributed by atoms with E-state index in [0.717, 1.165) is 6.42 Å². The van der Waals surface area contributed by atoms with Gasteiger partial charge in [-0.3, -0.25) is 9.71 Å². The van der Waals surface area contributed by atoms with Crippen LogP contribution in [-0.2, 0) is 10.0 Å². The van der Waals surface area contributed by atoms with Crippen molar-refractivity contribution in [1.29, 1.82) is 0 Å². The minimum absolute atomic E-state index is 0.133. The number of nitrogens with zero attached hydrogens (tertiary/aromatic N) is 1. The first-order chi connectivity index (χ1) is 8.45. The summed E-state index contributed by atoms with van der Waals surface area (Å²) in [5.41, 5.74) is 0.677. The third-order valence-electron chi connectivity index (χ3n) is 3.15. The zero-order valence-electron chi connectivity index (χ0n) is 10.8. The summed E-state index contributed by atoms with van der Waals surface area (Å²) in [4.78, 5) is 4.88. The Morgan fingerprint density at radius 3 is 2.56 bits per heavy atom. The van der Waals surface area contributed by atoms with E-state index >= 15 is 0 Å². The Hall–Kier alpha value is -1.36. The molecule has 1 aliphatic heterocycles. The van der Waals surface area contributed by atoms with Crippen molar-refractivity contribution in [2.75, 3.05) is 0 Å². The van der Waals surface area contributed by atoms with Crippen LogP contribution in [0.25, 0.3) is 0 Å². The fraction of sp³-hybridized carbons (Fsp3) is 0.462. The van der Waals surface area contributed by atoms with Crippen molar-refractivity contribution in [2.45, 2.75) is 38.1 Å². The van der Waals surface area contributed by atoms with Crippen molar-refractivity contribution in [1.82, 2.24) is 4.72 Å². The van der Waals surface area contributed by atoms with Gasteiger partial charge in [0.15, 0.2) is 0 Å². The molecule has 0 fully saturated rings. The van der Waals surface area contributed by atoms with Gasteiger partial charge >= 0.3 is 0 Å². The molecule has 1 heterocycles. The average Bonchev–Trinajstić information content (AvgIpc) is 2.58. The summed E-state index contributed by atoms with van der Waals surface area (Å²) < 4.78 is 26.4. The van der Waals surface area contributed by atoms with Crippen LogP contribution in [0.4, 0.5) is 0 Å². The number of hydrogen-bond acceptors (Lipinski definition) is 3. The number of nitrogens with one attached hydrogen (secondary N) is 1. The smallest absolute Gasteiger partial charge is 0.263 e. The van der Waals surface area contributed by atoms with Gasteiger partial charge in [0.25, 0.3) is 10.0 Å². The monoisotopic (exact) mass is 266 g/mol. The maximum absolute atomic E-state index is 11.9. The number of amidine groups is 1. The van der Waals surface area contributed by atoms with Crippen LogP contribution in [0, 0.1) is 5.92 Å². The third-order valence-corrected chi connectivity index (χ3v) is 4.54. The summed E-state index contributed by atoms with van der Waals surface area (Å²) in [6.07, 6.45) is 0.894. The van der Waals surface area contributed by atoms with Gasteiger partial charge in [-0.1, -0.05) is 32.9 Å². The van der Waals surface area contributed by atoms with Gasteiger partial charge in [0.1, 0.15) is 5.84 Å². The predicted octanol–water partition coefficient (Wildman–Crippen LogP) is 2.16. The summed E-state index contributed by atoms with van der Waals surface area (Å²) in [5.74, 6) is 0.867. The summed E-state index contributed by atoms with van der Waals surface area (Å²) in [6, 6.07) is 7.08. The highest BCUT2D eigenvalue weighted by atomic mass is 32.2. The molecule has 4 nitrogen and oxygen atoms in total. The molecule has 1 aromatic rings. The van der Waals surface area contributed by atoms with Crippen LogP contribution < -0.4 is 4.72 Å². The minimum atomic E-state index is -3.42. The van der Waals surface area contributed by atoms with Crippen LogP contribution in [0.3, 0.4) is 0 Å². The van der Waals surface area contributed by atoms with Crippen LogP contribution in [0.2, 0.25) is 0 Å². The molecule has 0 aliphatic carbocycles. The normalized spacial score (nSPS) is 20.8. The lowest BCUT2D eigenvalue weighted by molar-refractivity contribution is 0.483. The van der Waals surface area contributed by atoms with Gasteiger partial charge < -0.3 is 0 Å². The molecule has 0 spiro atoms. The van der Waals surface area contributed by atoms with E-state index in [1.54, 1.807) is 18.2 Å². The van der Waals surface area contributed by atoms with Gasteiger partial charge in [-0.15, -0.1) is 0 Å². The maximum Gasteiger partial charge on any atom is 0.263 e. The van der Waals surface area contributed by atoms with Crippen molar-refractivity contribution < 1.29 is 8.42 Å². The molecule has 1 atom stereocenters. The van der Waals surface area contributed by atoms with E-state index in [4.69, 9.17) is 0 Å². The minimum Gasteiger partial charge on any atom is -0.264 e. The molecule has 0 saturated heterocycles. The van der Waals surface area contributed by atoms with Gasteiger partial charge in [0.05, 0.1) is 10.9 Å². The highest BCUT2D eigenvalue weighted by molar-refractivity contribution is 7.90. The molecule has 0 bridgehead atoms. The van der Waals surface area contributed by atoms with Crippen LogP contribution >= 0.6 is 0 Å². The van der Waals surface area contributed by atoms with Gasteiger partial charge in [-0.25, -0.2) is 8.42 Å². The highest BCUT2D eigenvalue weighted by Gasteiger charge is 2.30. The molecule has 1 aliphatic rings.